The van der Waals surface area contributed by atoms with Gasteiger partial charge in [0.05, 0.1) is 45.6 Å². The predicted octanol–water partition coefficient (Wildman–Crippen LogP) is 4.04. The van der Waals surface area contributed by atoms with Crippen LogP contribution in [0.25, 0.3) is 11.3 Å². The Balaban J connectivity index is 2.18. The number of benzene rings is 2. The maximum Gasteiger partial charge on any atom is 0.288 e. The minimum atomic E-state index is -0.442. The number of carbonyl (C=O) groups excluding carboxylic acids is 2. The third kappa shape index (κ3) is 3.17. The van der Waals surface area contributed by atoms with Crippen LogP contribution in [0.15, 0.2) is 27.4 Å². The van der Waals surface area contributed by atoms with Gasteiger partial charge in [-0.05, 0) is 38.0 Å². The fourth-order valence-corrected chi connectivity index (χ4v) is 4.52. The van der Waals surface area contributed by atoms with Crippen LogP contribution in [0.3, 0.4) is 0 Å². The van der Waals surface area contributed by atoms with Gasteiger partial charge in [0.15, 0.2) is 11.2 Å². The summed E-state index contributed by atoms with van der Waals surface area (Å²) in [5.41, 5.74) is 2.26. The second-order valence-electron chi connectivity index (χ2n) is 7.91. The van der Waals surface area contributed by atoms with Gasteiger partial charge in [0.25, 0.3) is 5.95 Å². The van der Waals surface area contributed by atoms with Crippen LogP contribution in [0.5, 0.6) is 23.2 Å². The minimum absolute atomic E-state index is 0.0157. The molecule has 34 heavy (non-hydrogen) atoms. The smallest absolute Gasteiger partial charge is 0.288 e. The second-order valence-corrected chi connectivity index (χ2v) is 7.91. The lowest BCUT2D eigenvalue weighted by atomic mass is 9.77. The molecule has 1 heterocycles. The summed E-state index contributed by atoms with van der Waals surface area (Å²) in [6, 6.07) is 3.99. The van der Waals surface area contributed by atoms with E-state index in [9.17, 15) is 14.4 Å². The maximum atomic E-state index is 14.0. The first-order chi connectivity index (χ1) is 16.2. The Bertz CT molecular complexity index is 1430. The van der Waals surface area contributed by atoms with Crippen LogP contribution in [0.1, 0.15) is 48.5 Å². The highest BCUT2D eigenvalue weighted by Crippen LogP contribution is 2.47. The Morgan fingerprint density at radius 3 is 1.85 bits per heavy atom. The Labute approximate surface area is 196 Å². The van der Waals surface area contributed by atoms with Crippen LogP contribution in [-0.4, -0.2) is 40.0 Å². The van der Waals surface area contributed by atoms with Gasteiger partial charge in [0.1, 0.15) is 23.0 Å². The van der Waals surface area contributed by atoms with Gasteiger partial charge in [-0.15, -0.1) is 0 Å². The molecule has 0 bridgehead atoms. The normalized spacial score (nSPS) is 12.2. The van der Waals surface area contributed by atoms with E-state index in [0.29, 0.717) is 28.0 Å². The van der Waals surface area contributed by atoms with Gasteiger partial charge < -0.3 is 23.4 Å². The van der Waals surface area contributed by atoms with Crippen LogP contribution in [0.2, 0.25) is 0 Å². The zero-order valence-electron chi connectivity index (χ0n) is 20.0. The molecule has 2 aromatic carbocycles. The van der Waals surface area contributed by atoms with Crippen molar-refractivity contribution in [1.29, 1.82) is 0 Å². The Morgan fingerprint density at radius 1 is 0.618 bits per heavy atom. The third-order valence-corrected chi connectivity index (χ3v) is 6.23. The number of ether oxygens (including phenoxy) is 4. The van der Waals surface area contributed by atoms with Gasteiger partial charge in [-0.1, -0.05) is 0 Å². The molecule has 3 aromatic rings. The average molecular weight is 464 g/mol. The van der Waals surface area contributed by atoms with Crippen LogP contribution in [0.4, 0.5) is 0 Å². The van der Waals surface area contributed by atoms with Crippen LogP contribution < -0.4 is 24.4 Å². The first kappa shape index (κ1) is 23.1. The summed E-state index contributed by atoms with van der Waals surface area (Å²) in [6.07, 6.45) is 0. The summed E-state index contributed by atoms with van der Waals surface area (Å²) in [5, 5.41) is 0. The highest BCUT2D eigenvalue weighted by molar-refractivity contribution is 6.32. The average Bonchev–Trinajstić information content (AvgIpc) is 2.82. The monoisotopic (exact) mass is 464 g/mol. The summed E-state index contributed by atoms with van der Waals surface area (Å²) in [7, 11) is 5.72. The second kappa shape index (κ2) is 8.37. The van der Waals surface area contributed by atoms with Crippen molar-refractivity contribution < 1.29 is 33.0 Å². The van der Waals surface area contributed by atoms with E-state index in [2.05, 4.69) is 0 Å². The van der Waals surface area contributed by atoms with Gasteiger partial charge in [0, 0.05) is 28.3 Å². The van der Waals surface area contributed by atoms with Crippen molar-refractivity contribution in [3.05, 3.63) is 67.4 Å². The fourth-order valence-electron chi connectivity index (χ4n) is 4.52. The number of rotatable bonds is 5. The van der Waals surface area contributed by atoms with E-state index in [-0.39, 0.29) is 50.9 Å². The lowest BCUT2D eigenvalue weighted by Gasteiger charge is -2.27. The van der Waals surface area contributed by atoms with Crippen molar-refractivity contribution in [3.63, 3.8) is 0 Å². The number of fused-ring (bicyclic) bond motifs is 2. The maximum absolute atomic E-state index is 14.0. The largest absolute Gasteiger partial charge is 0.496 e. The summed E-state index contributed by atoms with van der Waals surface area (Å²) < 4.78 is 27.5. The Hall–Kier alpha value is -4.07. The first-order valence-electron chi connectivity index (χ1n) is 10.5. The lowest BCUT2D eigenvalue weighted by molar-refractivity contribution is 0.0973. The van der Waals surface area contributed by atoms with E-state index in [0.717, 1.165) is 0 Å². The molecule has 176 valence electrons. The van der Waals surface area contributed by atoms with E-state index < -0.39 is 11.6 Å². The number of hydrogen-bond acceptors (Lipinski definition) is 8. The first-order valence-corrected chi connectivity index (χ1v) is 10.5. The highest BCUT2D eigenvalue weighted by Gasteiger charge is 2.40. The molecule has 0 saturated heterocycles. The van der Waals surface area contributed by atoms with E-state index >= 15 is 0 Å². The molecule has 0 aliphatic heterocycles. The third-order valence-electron chi connectivity index (χ3n) is 6.23. The number of ketones is 2. The zero-order chi connectivity index (χ0) is 24.9. The molecule has 0 fully saturated rings. The van der Waals surface area contributed by atoms with Crippen LogP contribution >= 0.6 is 0 Å². The van der Waals surface area contributed by atoms with E-state index in [1.54, 1.807) is 20.8 Å². The summed E-state index contributed by atoms with van der Waals surface area (Å²) in [5.74, 6) is 0.166. The summed E-state index contributed by atoms with van der Waals surface area (Å²) in [4.78, 5) is 40.3. The SMILES string of the molecule is COc1cc(=O)cc(-c2c(C)c(C)c(OC)c3c2C(=O)c2cc(OC)c(C)c(OC)c2C3=O)o1. The lowest BCUT2D eigenvalue weighted by Crippen LogP contribution is -2.25. The van der Waals surface area contributed by atoms with E-state index in [4.69, 9.17) is 23.4 Å². The molecule has 1 aliphatic rings. The van der Waals surface area contributed by atoms with Crippen molar-refractivity contribution in [3.8, 4) is 34.5 Å². The summed E-state index contributed by atoms with van der Waals surface area (Å²) >= 11 is 0. The topological polar surface area (TPSA) is 101 Å². The molecule has 4 rings (SSSR count). The number of hydrogen-bond donors (Lipinski definition) is 0. The predicted molar refractivity (Wildman–Crippen MR) is 124 cm³/mol. The Kier molecular flexibility index (Phi) is 5.69. The number of carbonyl (C=O) groups is 2. The number of methoxy groups -OCH3 is 4. The molecular formula is C26H24O8. The zero-order valence-corrected chi connectivity index (χ0v) is 20.0. The standard InChI is InChI=1S/C26H24O8/c1-11-12(2)25(32-6)22-21(19(11)17-8-14(27)9-18(31-5)34-17)23(28)15-10-16(30-4)13(3)26(33-7)20(15)24(22)29/h8-10H,1-7H3. The van der Waals surface area contributed by atoms with E-state index in [1.165, 1.54) is 46.6 Å². The molecule has 0 saturated carbocycles. The van der Waals surface area contributed by atoms with Crippen molar-refractivity contribution in [2.45, 2.75) is 20.8 Å². The minimum Gasteiger partial charge on any atom is -0.496 e. The van der Waals surface area contributed by atoms with Gasteiger partial charge >= 0.3 is 0 Å². The van der Waals surface area contributed by atoms with Crippen molar-refractivity contribution in [2.24, 2.45) is 0 Å². The summed E-state index contributed by atoms with van der Waals surface area (Å²) in [6.45, 7) is 5.30. The molecule has 8 heteroatoms. The van der Waals surface area contributed by atoms with Crippen LogP contribution in [-0.2, 0) is 0 Å². The van der Waals surface area contributed by atoms with Crippen LogP contribution in [0, 0.1) is 20.8 Å². The molecule has 0 spiro atoms. The van der Waals surface area contributed by atoms with E-state index in [1.807, 2.05) is 0 Å². The van der Waals surface area contributed by atoms with Gasteiger partial charge in [-0.25, -0.2) is 0 Å². The van der Waals surface area contributed by atoms with Gasteiger partial charge in [-0.3, -0.25) is 14.4 Å². The molecular weight excluding hydrogens is 440 g/mol. The molecule has 0 amide bonds. The Morgan fingerprint density at radius 2 is 1.26 bits per heavy atom. The van der Waals surface area contributed by atoms with Crippen molar-refractivity contribution >= 4 is 11.6 Å². The molecule has 0 atom stereocenters. The molecule has 1 aromatic heterocycles. The highest BCUT2D eigenvalue weighted by atomic mass is 16.6. The quantitative estimate of drug-likeness (QED) is 0.436. The van der Waals surface area contributed by atoms with Gasteiger partial charge in [-0.2, -0.15) is 0 Å². The molecule has 0 unspecified atom stereocenters. The molecule has 0 radical (unpaired) electrons. The van der Waals surface area contributed by atoms with Crippen molar-refractivity contribution in [2.75, 3.05) is 28.4 Å². The van der Waals surface area contributed by atoms with Crippen molar-refractivity contribution in [1.82, 2.24) is 0 Å². The fraction of sp³-hybridized carbons (Fsp3) is 0.269. The molecule has 8 nitrogen and oxygen atoms in total. The van der Waals surface area contributed by atoms with Gasteiger partial charge in [0.2, 0.25) is 5.78 Å². The molecule has 0 N–H and O–H groups in total. The molecule has 1 aliphatic carbocycles.